The molecule has 2 nitrogen and oxygen atoms in total. The zero-order chi connectivity index (χ0) is 11.0. The van der Waals surface area contributed by atoms with Crippen LogP contribution in [0.15, 0.2) is 0 Å². The van der Waals surface area contributed by atoms with Crippen molar-refractivity contribution in [2.45, 2.75) is 41.5 Å². The van der Waals surface area contributed by atoms with Gasteiger partial charge >= 0.3 is 0 Å². The molecule has 0 radical (unpaired) electrons. The molecule has 0 aliphatic rings. The quantitative estimate of drug-likeness (QED) is 0.586. The summed E-state index contributed by atoms with van der Waals surface area (Å²) < 4.78 is 4.25. The predicted molar refractivity (Wildman–Crippen MR) is 66.6 cm³/mol. The first-order valence-electron chi connectivity index (χ1n) is 4.57. The largest absolute Gasteiger partial charge is 0.388 e. The van der Waals surface area contributed by atoms with Gasteiger partial charge in [-0.1, -0.05) is 41.5 Å². The fourth-order valence-corrected chi connectivity index (χ4v) is 0. The van der Waals surface area contributed by atoms with E-state index in [9.17, 15) is 0 Å². The lowest BCUT2D eigenvalue weighted by Gasteiger charge is -1.90. The molecular weight excluding hydrogens is 162 g/mol. The Morgan fingerprint density at radius 3 is 0.923 bits per heavy atom. The summed E-state index contributed by atoms with van der Waals surface area (Å²) in [6.45, 7) is 8.25. The van der Waals surface area contributed by atoms with Crippen LogP contribution in [0.25, 0.3) is 0 Å². The molecule has 0 aromatic heterocycles. The van der Waals surface area contributed by atoms with Gasteiger partial charge in [0, 0.05) is 14.2 Å². The van der Waals surface area contributed by atoms with E-state index in [1.165, 1.54) is 6.42 Å². The fourth-order valence-electron chi connectivity index (χ4n) is 0. The van der Waals surface area contributed by atoms with Gasteiger partial charge in [-0.2, -0.15) is 0 Å². The van der Waals surface area contributed by atoms with Crippen molar-refractivity contribution in [1.82, 2.24) is 4.90 Å². The lowest BCUT2D eigenvalue weighted by atomic mass is 10.6. The molecule has 0 aromatic carbocycles. The standard InChI is InChI=1S/C3H9N.C3H8.C2H6O.C2H6.CH4/c1-4(2)3;2*1-3-2;1-2;/h1-3H3;3H2,1-2H3;1-2H3;1-2H3;1H4. The smallest absolute Gasteiger partial charge is 0.0351 e. The number of hydrogen-bond donors (Lipinski definition) is 0. The highest BCUT2D eigenvalue weighted by atomic mass is 16.4. The topological polar surface area (TPSA) is 12.5 Å². The van der Waals surface area contributed by atoms with Crippen molar-refractivity contribution in [3.63, 3.8) is 0 Å². The Kier molecular flexibility index (Phi) is 132. The summed E-state index contributed by atoms with van der Waals surface area (Å²) in [5.74, 6) is 0. The van der Waals surface area contributed by atoms with Crippen molar-refractivity contribution in [3.8, 4) is 0 Å². The minimum Gasteiger partial charge on any atom is -0.388 e. The van der Waals surface area contributed by atoms with E-state index in [2.05, 4.69) is 18.6 Å². The first kappa shape index (κ1) is 29.3. The zero-order valence-electron chi connectivity index (χ0n) is 10.6. The van der Waals surface area contributed by atoms with Crippen LogP contribution in [0.2, 0.25) is 0 Å². The van der Waals surface area contributed by atoms with E-state index in [1.807, 2.05) is 39.9 Å². The highest BCUT2D eigenvalue weighted by Gasteiger charge is 1.58. The molecule has 0 amide bonds. The molecule has 0 N–H and O–H groups in total. The van der Waals surface area contributed by atoms with Gasteiger partial charge in [0.05, 0.1) is 0 Å². The van der Waals surface area contributed by atoms with Gasteiger partial charge in [-0.15, -0.1) is 0 Å². The Morgan fingerprint density at radius 1 is 0.923 bits per heavy atom. The first-order valence-corrected chi connectivity index (χ1v) is 4.57. The van der Waals surface area contributed by atoms with Crippen molar-refractivity contribution in [3.05, 3.63) is 0 Å². The third-order valence-corrected chi connectivity index (χ3v) is 0. The minimum absolute atomic E-state index is 0. The summed E-state index contributed by atoms with van der Waals surface area (Å²) in [5, 5.41) is 0. The monoisotopic (exact) mass is 195 g/mol. The lowest BCUT2D eigenvalue weighted by molar-refractivity contribution is 0.277. The van der Waals surface area contributed by atoms with Crippen LogP contribution < -0.4 is 0 Å². The number of ether oxygens (including phenoxy) is 1. The third-order valence-electron chi connectivity index (χ3n) is 0. The van der Waals surface area contributed by atoms with Gasteiger partial charge in [-0.3, -0.25) is 0 Å². The molecule has 0 aromatic rings. The highest BCUT2D eigenvalue weighted by molar-refractivity contribution is 4.09. The van der Waals surface area contributed by atoms with Crippen LogP contribution in [0.4, 0.5) is 0 Å². The average molecular weight is 195 g/mol. The highest BCUT2D eigenvalue weighted by Crippen LogP contribution is 1.56. The van der Waals surface area contributed by atoms with Gasteiger partial charge in [0.1, 0.15) is 0 Å². The van der Waals surface area contributed by atoms with Crippen LogP contribution in [0.3, 0.4) is 0 Å². The molecule has 0 atom stereocenters. The van der Waals surface area contributed by atoms with Crippen molar-refractivity contribution < 1.29 is 4.74 Å². The van der Waals surface area contributed by atoms with E-state index in [4.69, 9.17) is 0 Å². The summed E-state index contributed by atoms with van der Waals surface area (Å²) in [6.07, 6.45) is 1.25. The Balaban J connectivity index is -0.0000000220. The molecule has 2 heteroatoms. The SMILES string of the molecule is C.CC.CCC.CN(C)C.COC. The van der Waals surface area contributed by atoms with E-state index in [-0.39, 0.29) is 7.43 Å². The molecule has 13 heavy (non-hydrogen) atoms. The van der Waals surface area contributed by atoms with Crippen LogP contribution in [-0.2, 0) is 4.74 Å². The van der Waals surface area contributed by atoms with E-state index in [0.717, 1.165) is 0 Å². The van der Waals surface area contributed by atoms with Gasteiger partial charge < -0.3 is 9.64 Å². The number of hydrogen-bond acceptors (Lipinski definition) is 2. The summed E-state index contributed by atoms with van der Waals surface area (Å²) >= 11 is 0. The van der Waals surface area contributed by atoms with Crippen molar-refractivity contribution >= 4 is 0 Å². The Labute approximate surface area is 87.3 Å². The maximum Gasteiger partial charge on any atom is 0.0351 e. The van der Waals surface area contributed by atoms with Gasteiger partial charge in [0.15, 0.2) is 0 Å². The van der Waals surface area contributed by atoms with Gasteiger partial charge in [0.2, 0.25) is 0 Å². The maximum atomic E-state index is 4.25. The van der Waals surface area contributed by atoms with Gasteiger partial charge in [0.25, 0.3) is 0 Å². The molecule has 0 heterocycles. The van der Waals surface area contributed by atoms with Crippen LogP contribution >= 0.6 is 0 Å². The molecule has 0 bridgehead atoms. The average Bonchev–Trinajstić information content (AvgIpc) is 1.92. The second-order valence-corrected chi connectivity index (χ2v) is 2.46. The second-order valence-electron chi connectivity index (χ2n) is 2.46. The third kappa shape index (κ3) is 183000. The van der Waals surface area contributed by atoms with E-state index in [1.54, 1.807) is 14.2 Å². The predicted octanol–water partition coefficient (Wildman–Crippen LogP) is 3.52. The van der Waals surface area contributed by atoms with E-state index >= 15 is 0 Å². The normalized spacial score (nSPS) is 6.00. The Morgan fingerprint density at radius 2 is 0.923 bits per heavy atom. The summed E-state index contributed by atoms with van der Waals surface area (Å²) in [5.41, 5.74) is 0. The van der Waals surface area contributed by atoms with E-state index < -0.39 is 0 Å². The number of methoxy groups -OCH3 is 1. The Bertz CT molecular complexity index is 26.5. The molecule has 0 fully saturated rings. The lowest BCUT2D eigenvalue weighted by Crippen LogP contribution is -1.99. The molecule has 0 spiro atoms. The molecular formula is C11H33NO. The molecule has 0 unspecified atom stereocenters. The first-order chi connectivity index (χ1) is 5.56. The van der Waals surface area contributed by atoms with Gasteiger partial charge in [-0.05, 0) is 21.1 Å². The zero-order valence-corrected chi connectivity index (χ0v) is 10.6. The molecule has 0 rings (SSSR count). The van der Waals surface area contributed by atoms with Gasteiger partial charge in [-0.25, -0.2) is 0 Å². The molecule has 88 valence electrons. The minimum atomic E-state index is 0. The van der Waals surface area contributed by atoms with Crippen molar-refractivity contribution in [2.75, 3.05) is 35.4 Å². The van der Waals surface area contributed by atoms with Crippen molar-refractivity contribution in [2.24, 2.45) is 0 Å². The Hall–Kier alpha value is -0.0800. The maximum absolute atomic E-state index is 4.25. The molecule has 0 saturated heterocycles. The number of nitrogens with zero attached hydrogens (tertiary/aromatic N) is 1. The summed E-state index contributed by atoms with van der Waals surface area (Å²) in [4.78, 5) is 2.00. The molecule has 0 aliphatic heterocycles. The van der Waals surface area contributed by atoms with E-state index in [0.29, 0.717) is 0 Å². The number of rotatable bonds is 0. The van der Waals surface area contributed by atoms with Crippen LogP contribution in [0, 0.1) is 0 Å². The summed E-state index contributed by atoms with van der Waals surface area (Å²) in [7, 11) is 9.25. The van der Waals surface area contributed by atoms with Crippen LogP contribution in [-0.4, -0.2) is 40.3 Å². The molecule has 0 saturated carbocycles. The van der Waals surface area contributed by atoms with Crippen molar-refractivity contribution in [1.29, 1.82) is 0 Å². The molecule has 0 aliphatic carbocycles. The van der Waals surface area contributed by atoms with Crippen LogP contribution in [0.1, 0.15) is 41.5 Å². The second kappa shape index (κ2) is 58.7. The summed E-state index contributed by atoms with van der Waals surface area (Å²) in [6, 6.07) is 0. The van der Waals surface area contributed by atoms with Crippen LogP contribution in [0.5, 0.6) is 0 Å². The fraction of sp³-hybridized carbons (Fsp3) is 1.00.